The highest BCUT2D eigenvalue weighted by atomic mass is 32.2. The highest BCUT2D eigenvalue weighted by Gasteiger charge is 2.20. The van der Waals surface area contributed by atoms with Gasteiger partial charge in [0.25, 0.3) is 10.0 Å². The van der Waals surface area contributed by atoms with Gasteiger partial charge in [0.15, 0.2) is 0 Å². The van der Waals surface area contributed by atoms with Crippen molar-refractivity contribution >= 4 is 27.8 Å². The Morgan fingerprint density at radius 3 is 2.29 bits per heavy atom. The summed E-state index contributed by atoms with van der Waals surface area (Å²) in [5.74, 6) is -1.31. The van der Waals surface area contributed by atoms with Crippen molar-refractivity contribution in [2.45, 2.75) is 25.7 Å². The number of carboxylic acid groups (broad SMARTS) is 1. The van der Waals surface area contributed by atoms with Crippen LogP contribution in [0.15, 0.2) is 47.4 Å². The summed E-state index contributed by atoms with van der Waals surface area (Å²) in [5, 5.41) is 10.5. The number of carbonyl (C=O) groups excluding carboxylic acids is 1. The third-order valence-electron chi connectivity index (χ3n) is 3.42. The van der Waals surface area contributed by atoms with E-state index < -0.39 is 16.0 Å². The lowest BCUT2D eigenvalue weighted by Crippen LogP contribution is -2.18. The van der Waals surface area contributed by atoms with Crippen LogP contribution in [0.5, 0.6) is 0 Å². The zero-order valence-corrected chi connectivity index (χ0v) is 14.5. The summed E-state index contributed by atoms with van der Waals surface area (Å²) in [5.41, 5.74) is 3.26. The van der Waals surface area contributed by atoms with Crippen molar-refractivity contribution < 1.29 is 18.3 Å². The Labute approximate surface area is 141 Å². The van der Waals surface area contributed by atoms with E-state index in [0.29, 0.717) is 22.4 Å². The van der Waals surface area contributed by atoms with Gasteiger partial charge in [0, 0.05) is 5.69 Å². The Hall–Kier alpha value is -2.60. The Balaban J connectivity index is 2.37. The molecule has 0 aliphatic rings. The molecule has 0 spiro atoms. The maximum absolute atomic E-state index is 12.7. The molecule has 24 heavy (non-hydrogen) atoms. The molecule has 0 heterocycles. The molecular formula is C18H18NO4S-. The molecule has 6 heteroatoms. The number of aryl methyl sites for hydroxylation is 3. The van der Waals surface area contributed by atoms with Crippen molar-refractivity contribution in [1.82, 2.24) is 0 Å². The third kappa shape index (κ3) is 4.23. The molecule has 0 bridgehead atoms. The van der Waals surface area contributed by atoms with E-state index in [1.165, 1.54) is 6.08 Å². The first-order chi connectivity index (χ1) is 11.2. The van der Waals surface area contributed by atoms with Gasteiger partial charge in [-0.1, -0.05) is 35.9 Å². The van der Waals surface area contributed by atoms with E-state index in [-0.39, 0.29) is 4.90 Å². The fourth-order valence-electron chi connectivity index (χ4n) is 2.67. The SMILES string of the molecule is Cc1cc(C)c(S(=O)(=O)Nc2cccc(C=CC(=O)[O-])c2)c(C)c1. The minimum absolute atomic E-state index is 0.254. The van der Waals surface area contributed by atoms with Crippen LogP contribution in [-0.2, 0) is 14.8 Å². The second-order valence-corrected chi connectivity index (χ2v) is 7.23. The van der Waals surface area contributed by atoms with Gasteiger partial charge in [0.05, 0.1) is 10.9 Å². The van der Waals surface area contributed by atoms with Gasteiger partial charge in [-0.05, 0) is 55.7 Å². The molecule has 0 atom stereocenters. The fraction of sp³-hybridized carbons (Fsp3) is 0.167. The summed E-state index contributed by atoms with van der Waals surface area (Å²) in [6.45, 7) is 5.43. The van der Waals surface area contributed by atoms with Crippen LogP contribution in [0.4, 0.5) is 5.69 Å². The maximum Gasteiger partial charge on any atom is 0.262 e. The van der Waals surface area contributed by atoms with Crippen LogP contribution in [0.2, 0.25) is 0 Å². The number of anilines is 1. The average Bonchev–Trinajstić information content (AvgIpc) is 2.43. The normalized spacial score (nSPS) is 11.6. The number of benzene rings is 2. The van der Waals surface area contributed by atoms with E-state index >= 15 is 0 Å². The summed E-state index contributed by atoms with van der Waals surface area (Å²) in [7, 11) is -3.74. The molecule has 5 nitrogen and oxygen atoms in total. The molecule has 0 saturated heterocycles. The quantitative estimate of drug-likeness (QED) is 0.842. The minimum Gasteiger partial charge on any atom is -0.545 e. The Kier molecular flexibility index (Phi) is 5.09. The third-order valence-corrected chi connectivity index (χ3v) is 5.11. The number of hydrogen-bond donors (Lipinski definition) is 1. The number of carboxylic acids is 1. The van der Waals surface area contributed by atoms with E-state index in [9.17, 15) is 18.3 Å². The first-order valence-electron chi connectivity index (χ1n) is 7.29. The number of carbonyl (C=O) groups is 1. The van der Waals surface area contributed by atoms with Crippen LogP contribution in [-0.4, -0.2) is 14.4 Å². The molecule has 0 radical (unpaired) electrons. The average molecular weight is 344 g/mol. The summed E-state index contributed by atoms with van der Waals surface area (Å²) in [4.78, 5) is 10.7. The highest BCUT2D eigenvalue weighted by Crippen LogP contribution is 2.24. The number of rotatable bonds is 5. The van der Waals surface area contributed by atoms with Crippen molar-refractivity contribution in [3.05, 3.63) is 64.7 Å². The molecule has 2 rings (SSSR count). The molecule has 0 amide bonds. The summed E-state index contributed by atoms with van der Waals surface area (Å²) < 4.78 is 27.9. The molecule has 2 aromatic rings. The van der Waals surface area contributed by atoms with E-state index in [1.54, 1.807) is 38.1 Å². The van der Waals surface area contributed by atoms with E-state index in [1.807, 2.05) is 19.1 Å². The Morgan fingerprint density at radius 2 is 1.71 bits per heavy atom. The van der Waals surface area contributed by atoms with Gasteiger partial charge in [-0.25, -0.2) is 8.42 Å². The Morgan fingerprint density at radius 1 is 1.08 bits per heavy atom. The molecule has 126 valence electrons. The predicted molar refractivity (Wildman–Crippen MR) is 91.9 cm³/mol. The van der Waals surface area contributed by atoms with Crippen molar-refractivity contribution in [1.29, 1.82) is 0 Å². The lowest BCUT2D eigenvalue weighted by Gasteiger charge is -2.14. The van der Waals surface area contributed by atoms with Gasteiger partial charge in [0.1, 0.15) is 0 Å². The first kappa shape index (κ1) is 17.7. The number of nitrogens with one attached hydrogen (secondary N) is 1. The van der Waals surface area contributed by atoms with Gasteiger partial charge in [0.2, 0.25) is 0 Å². The predicted octanol–water partition coefficient (Wildman–Crippen LogP) is 2.18. The van der Waals surface area contributed by atoms with Gasteiger partial charge in [-0.15, -0.1) is 0 Å². The molecule has 0 aliphatic heterocycles. The molecule has 0 aliphatic carbocycles. The largest absolute Gasteiger partial charge is 0.545 e. The van der Waals surface area contributed by atoms with E-state index in [2.05, 4.69) is 4.72 Å². The lowest BCUT2D eigenvalue weighted by molar-refractivity contribution is -0.297. The van der Waals surface area contributed by atoms with Crippen LogP contribution >= 0.6 is 0 Å². The zero-order valence-electron chi connectivity index (χ0n) is 13.7. The fourth-order valence-corrected chi connectivity index (χ4v) is 4.17. The summed E-state index contributed by atoms with van der Waals surface area (Å²) >= 11 is 0. The van der Waals surface area contributed by atoms with E-state index in [0.717, 1.165) is 11.6 Å². The van der Waals surface area contributed by atoms with Crippen molar-refractivity contribution in [2.24, 2.45) is 0 Å². The standard InChI is InChI=1S/C18H19NO4S/c1-12-9-13(2)18(14(3)10-12)24(22,23)19-16-6-4-5-15(11-16)7-8-17(20)21/h4-11,19H,1-3H3,(H,20,21)/p-1. The number of sulfonamides is 1. The van der Waals surface area contributed by atoms with Crippen LogP contribution in [0.1, 0.15) is 22.3 Å². The molecule has 2 aromatic carbocycles. The van der Waals surface area contributed by atoms with Crippen molar-refractivity contribution in [2.75, 3.05) is 4.72 Å². The summed E-state index contributed by atoms with van der Waals surface area (Å²) in [6.07, 6.45) is 2.23. The first-order valence-corrected chi connectivity index (χ1v) is 8.77. The Bertz CT molecular complexity index is 891. The topological polar surface area (TPSA) is 86.3 Å². The summed E-state index contributed by atoms with van der Waals surface area (Å²) in [6, 6.07) is 10.1. The molecule has 0 unspecified atom stereocenters. The van der Waals surface area contributed by atoms with Gasteiger partial charge in [-0.3, -0.25) is 4.72 Å². The van der Waals surface area contributed by atoms with Crippen LogP contribution < -0.4 is 9.83 Å². The van der Waals surface area contributed by atoms with Gasteiger partial charge in [-0.2, -0.15) is 0 Å². The second kappa shape index (κ2) is 6.88. The monoisotopic (exact) mass is 344 g/mol. The van der Waals surface area contributed by atoms with Gasteiger partial charge >= 0.3 is 0 Å². The van der Waals surface area contributed by atoms with Crippen LogP contribution in [0, 0.1) is 20.8 Å². The lowest BCUT2D eigenvalue weighted by atomic mass is 10.1. The molecule has 0 fully saturated rings. The second-order valence-electron chi connectivity index (χ2n) is 5.61. The van der Waals surface area contributed by atoms with Crippen LogP contribution in [0.3, 0.4) is 0 Å². The minimum atomic E-state index is -3.74. The zero-order chi connectivity index (χ0) is 17.9. The molecule has 0 aromatic heterocycles. The van der Waals surface area contributed by atoms with E-state index in [4.69, 9.17) is 0 Å². The number of aliphatic carboxylic acids is 1. The molecule has 1 N–H and O–H groups in total. The number of hydrogen-bond acceptors (Lipinski definition) is 4. The van der Waals surface area contributed by atoms with Crippen LogP contribution in [0.25, 0.3) is 6.08 Å². The smallest absolute Gasteiger partial charge is 0.262 e. The van der Waals surface area contributed by atoms with Crippen molar-refractivity contribution in [3.8, 4) is 0 Å². The molecular weight excluding hydrogens is 326 g/mol. The van der Waals surface area contributed by atoms with Crippen molar-refractivity contribution in [3.63, 3.8) is 0 Å². The highest BCUT2D eigenvalue weighted by molar-refractivity contribution is 7.92. The molecule has 0 saturated carbocycles. The maximum atomic E-state index is 12.7. The van der Waals surface area contributed by atoms with Gasteiger partial charge < -0.3 is 9.90 Å².